The van der Waals surface area contributed by atoms with Crippen molar-refractivity contribution in [1.82, 2.24) is 15.4 Å². The largest absolute Gasteiger partial charge is 0.504 e. The van der Waals surface area contributed by atoms with Crippen molar-refractivity contribution in [3.8, 4) is 17.4 Å². The topological polar surface area (TPSA) is 77.4 Å². The third kappa shape index (κ3) is 4.87. The Kier molecular flexibility index (Phi) is 7.67. The molecule has 0 aliphatic heterocycles. The minimum atomic E-state index is 0.251. The minimum Gasteiger partial charge on any atom is -0.504 e. The second-order valence-corrected chi connectivity index (χ2v) is 4.35. The van der Waals surface area contributed by atoms with E-state index in [-0.39, 0.29) is 5.75 Å². The van der Waals surface area contributed by atoms with Crippen LogP contribution in [0.4, 0.5) is 0 Å². The molecule has 0 aliphatic rings. The molecule has 2 aromatic rings. The van der Waals surface area contributed by atoms with Crippen molar-refractivity contribution in [2.75, 3.05) is 13.7 Å². The summed E-state index contributed by atoms with van der Waals surface area (Å²) in [6.45, 7) is 6.71. The van der Waals surface area contributed by atoms with Gasteiger partial charge in [0, 0.05) is 11.6 Å². The number of aryl methyl sites for hydroxylation is 1. The maximum absolute atomic E-state index is 9.65. The highest BCUT2D eigenvalue weighted by atomic mass is 16.5. The van der Waals surface area contributed by atoms with Gasteiger partial charge in [-0.25, -0.2) is 0 Å². The molecule has 0 atom stereocenters. The molecule has 0 unspecified atom stereocenters. The molecule has 0 saturated carbocycles. The van der Waals surface area contributed by atoms with Crippen LogP contribution < -0.4 is 9.47 Å². The first-order chi connectivity index (χ1) is 10.7. The van der Waals surface area contributed by atoms with E-state index in [1.165, 1.54) is 18.9 Å². The lowest BCUT2D eigenvalue weighted by Crippen LogP contribution is -2.00. The van der Waals surface area contributed by atoms with Gasteiger partial charge < -0.3 is 14.6 Å². The van der Waals surface area contributed by atoms with E-state index < -0.39 is 0 Å². The van der Waals surface area contributed by atoms with E-state index in [9.17, 15) is 5.11 Å². The first kappa shape index (κ1) is 17.7. The van der Waals surface area contributed by atoms with Crippen molar-refractivity contribution >= 4 is 0 Å². The van der Waals surface area contributed by atoms with Gasteiger partial charge in [0.05, 0.1) is 19.9 Å². The number of phenols is 1. The standard InChI is InChI=1S/C12H18O2.C4H5N3O/c1-4-9-7-8-11(13)12(14-6-3)10(9)5-2;1-8-4-2-3-5-7-6-4/h7-8,13H,4-6H2,1-3H3;2-3H,1H3. The predicted molar refractivity (Wildman–Crippen MR) is 84.4 cm³/mol. The molecule has 1 heterocycles. The number of rotatable bonds is 5. The van der Waals surface area contributed by atoms with Crippen LogP contribution in [0.1, 0.15) is 31.9 Å². The van der Waals surface area contributed by atoms with Gasteiger partial charge in [-0.3, -0.25) is 0 Å². The Balaban J connectivity index is 0.000000255. The van der Waals surface area contributed by atoms with Gasteiger partial charge in [-0.05, 0) is 36.6 Å². The SMILES string of the molecule is CCOc1c(O)ccc(CC)c1CC.COc1ccnnn1. The van der Waals surface area contributed by atoms with Crippen LogP contribution in [-0.2, 0) is 12.8 Å². The normalized spacial score (nSPS) is 9.64. The monoisotopic (exact) mass is 305 g/mol. The van der Waals surface area contributed by atoms with Gasteiger partial charge >= 0.3 is 0 Å². The molecule has 6 heteroatoms. The lowest BCUT2D eigenvalue weighted by atomic mass is 10.0. The molecule has 0 radical (unpaired) electrons. The van der Waals surface area contributed by atoms with E-state index in [2.05, 4.69) is 29.3 Å². The van der Waals surface area contributed by atoms with Crippen LogP contribution in [0, 0.1) is 0 Å². The molecule has 0 saturated heterocycles. The molecule has 0 amide bonds. The number of aromatic nitrogens is 3. The maximum atomic E-state index is 9.65. The van der Waals surface area contributed by atoms with E-state index >= 15 is 0 Å². The maximum Gasteiger partial charge on any atom is 0.236 e. The fourth-order valence-electron chi connectivity index (χ4n) is 2.02. The van der Waals surface area contributed by atoms with Crippen molar-refractivity contribution in [2.45, 2.75) is 33.6 Å². The fraction of sp³-hybridized carbons (Fsp3) is 0.438. The average Bonchev–Trinajstić information content (AvgIpc) is 2.58. The van der Waals surface area contributed by atoms with Gasteiger partial charge in [0.25, 0.3) is 0 Å². The van der Waals surface area contributed by atoms with Gasteiger partial charge in [-0.15, -0.1) is 5.10 Å². The summed E-state index contributed by atoms with van der Waals surface area (Å²) >= 11 is 0. The quantitative estimate of drug-likeness (QED) is 0.915. The molecule has 1 aromatic carbocycles. The minimum absolute atomic E-state index is 0.251. The molecule has 120 valence electrons. The lowest BCUT2D eigenvalue weighted by molar-refractivity contribution is 0.314. The van der Waals surface area contributed by atoms with Crippen LogP contribution in [0.2, 0.25) is 0 Å². The lowest BCUT2D eigenvalue weighted by Gasteiger charge is -2.14. The molecule has 0 fully saturated rings. The van der Waals surface area contributed by atoms with E-state index in [0.29, 0.717) is 18.2 Å². The summed E-state index contributed by atoms with van der Waals surface area (Å²) in [5.74, 6) is 1.40. The average molecular weight is 305 g/mol. The molecule has 1 N–H and O–H groups in total. The molecular weight excluding hydrogens is 282 g/mol. The van der Waals surface area contributed by atoms with Crippen molar-refractivity contribution in [2.24, 2.45) is 0 Å². The number of benzene rings is 1. The molecule has 2 rings (SSSR count). The predicted octanol–water partition coefficient (Wildman–Crippen LogP) is 2.80. The van der Waals surface area contributed by atoms with Gasteiger partial charge in [0.15, 0.2) is 11.5 Å². The van der Waals surface area contributed by atoms with Crippen molar-refractivity contribution in [3.63, 3.8) is 0 Å². The molecule has 0 bridgehead atoms. The first-order valence-electron chi connectivity index (χ1n) is 7.32. The fourth-order valence-corrected chi connectivity index (χ4v) is 2.02. The number of ether oxygens (including phenoxy) is 2. The van der Waals surface area contributed by atoms with Crippen LogP contribution in [-0.4, -0.2) is 34.2 Å². The van der Waals surface area contributed by atoms with Crippen molar-refractivity contribution in [1.29, 1.82) is 0 Å². The summed E-state index contributed by atoms with van der Waals surface area (Å²) < 4.78 is 10.2. The van der Waals surface area contributed by atoms with Crippen LogP contribution in [0.3, 0.4) is 0 Å². The first-order valence-corrected chi connectivity index (χ1v) is 7.32. The molecule has 0 spiro atoms. The summed E-state index contributed by atoms with van der Waals surface area (Å²) in [4.78, 5) is 0. The highest BCUT2D eigenvalue weighted by Crippen LogP contribution is 2.33. The third-order valence-corrected chi connectivity index (χ3v) is 3.05. The van der Waals surface area contributed by atoms with Gasteiger partial charge in [0.1, 0.15) is 0 Å². The van der Waals surface area contributed by atoms with Crippen LogP contribution in [0.15, 0.2) is 24.4 Å². The Morgan fingerprint density at radius 2 is 1.86 bits per heavy atom. The van der Waals surface area contributed by atoms with Gasteiger partial charge in [0.2, 0.25) is 5.88 Å². The van der Waals surface area contributed by atoms with E-state index in [4.69, 9.17) is 9.47 Å². The second-order valence-electron chi connectivity index (χ2n) is 4.35. The molecular formula is C16H23N3O3. The Bertz CT molecular complexity index is 562. The number of hydrogen-bond donors (Lipinski definition) is 1. The zero-order valence-corrected chi connectivity index (χ0v) is 13.5. The number of nitrogens with zero attached hydrogens (tertiary/aromatic N) is 3. The van der Waals surface area contributed by atoms with E-state index in [1.807, 2.05) is 13.0 Å². The van der Waals surface area contributed by atoms with E-state index in [1.54, 1.807) is 12.1 Å². The second kappa shape index (κ2) is 9.55. The highest BCUT2D eigenvalue weighted by molar-refractivity contribution is 5.50. The highest BCUT2D eigenvalue weighted by Gasteiger charge is 2.11. The van der Waals surface area contributed by atoms with Crippen LogP contribution in [0.25, 0.3) is 0 Å². The molecule has 22 heavy (non-hydrogen) atoms. The zero-order chi connectivity index (χ0) is 16.4. The Hall–Kier alpha value is -2.37. The Morgan fingerprint density at radius 3 is 2.32 bits per heavy atom. The molecule has 0 aliphatic carbocycles. The summed E-state index contributed by atoms with van der Waals surface area (Å²) in [6.07, 6.45) is 3.39. The van der Waals surface area contributed by atoms with Gasteiger partial charge in [-0.1, -0.05) is 25.0 Å². The summed E-state index contributed by atoms with van der Waals surface area (Å²) in [5, 5.41) is 19.9. The van der Waals surface area contributed by atoms with Crippen molar-refractivity contribution in [3.05, 3.63) is 35.5 Å². The number of hydrogen-bond acceptors (Lipinski definition) is 6. The molecule has 6 nitrogen and oxygen atoms in total. The Labute approximate surface area is 131 Å². The van der Waals surface area contributed by atoms with Crippen LogP contribution >= 0.6 is 0 Å². The number of methoxy groups -OCH3 is 1. The summed E-state index contributed by atoms with van der Waals surface area (Å²) in [5.41, 5.74) is 2.39. The van der Waals surface area contributed by atoms with E-state index in [0.717, 1.165) is 18.4 Å². The zero-order valence-electron chi connectivity index (χ0n) is 13.5. The smallest absolute Gasteiger partial charge is 0.236 e. The Morgan fingerprint density at radius 1 is 1.09 bits per heavy atom. The number of phenolic OH excluding ortho intramolecular Hbond substituents is 1. The van der Waals surface area contributed by atoms with Crippen molar-refractivity contribution < 1.29 is 14.6 Å². The summed E-state index contributed by atoms with van der Waals surface area (Å²) in [7, 11) is 1.53. The molecule has 1 aromatic heterocycles. The van der Waals surface area contributed by atoms with Crippen LogP contribution in [0.5, 0.6) is 17.4 Å². The summed E-state index contributed by atoms with van der Waals surface area (Å²) in [6, 6.07) is 5.31. The third-order valence-electron chi connectivity index (χ3n) is 3.05. The van der Waals surface area contributed by atoms with Gasteiger partial charge in [-0.2, -0.15) is 0 Å². The number of aromatic hydroxyl groups is 1.